The SMILES string of the molecule is O=C1CC(CBr)CN1c1ccc(I)c(F)c1. The lowest BCUT2D eigenvalue weighted by Crippen LogP contribution is -2.24. The van der Waals surface area contributed by atoms with Crippen molar-refractivity contribution in [3.8, 4) is 0 Å². The lowest BCUT2D eigenvalue weighted by atomic mass is 10.2. The predicted octanol–water partition coefficient (Wildman–Crippen LogP) is 3.18. The molecule has 0 N–H and O–H groups in total. The average Bonchev–Trinajstić information content (AvgIpc) is 2.64. The van der Waals surface area contributed by atoms with Gasteiger partial charge in [0.25, 0.3) is 0 Å². The Balaban J connectivity index is 2.24. The molecule has 1 aromatic rings. The molecule has 0 aliphatic carbocycles. The van der Waals surface area contributed by atoms with Crippen LogP contribution in [-0.4, -0.2) is 17.8 Å². The summed E-state index contributed by atoms with van der Waals surface area (Å²) in [7, 11) is 0. The van der Waals surface area contributed by atoms with Gasteiger partial charge in [0.15, 0.2) is 0 Å². The van der Waals surface area contributed by atoms with Crippen LogP contribution in [0.5, 0.6) is 0 Å². The van der Waals surface area contributed by atoms with Crippen LogP contribution < -0.4 is 4.90 Å². The molecule has 2 rings (SSSR count). The van der Waals surface area contributed by atoms with Gasteiger partial charge in [-0.3, -0.25) is 4.79 Å². The second kappa shape index (κ2) is 5.00. The van der Waals surface area contributed by atoms with Gasteiger partial charge in [-0.05, 0) is 46.7 Å². The normalized spacial score (nSPS) is 20.6. The van der Waals surface area contributed by atoms with E-state index in [1.54, 1.807) is 17.0 Å². The van der Waals surface area contributed by atoms with Crippen LogP contribution in [0.15, 0.2) is 18.2 Å². The van der Waals surface area contributed by atoms with Crippen LogP contribution in [0, 0.1) is 15.3 Å². The maximum atomic E-state index is 13.4. The molecule has 1 heterocycles. The molecule has 0 saturated carbocycles. The van der Waals surface area contributed by atoms with Gasteiger partial charge in [0.1, 0.15) is 5.82 Å². The molecule has 86 valence electrons. The summed E-state index contributed by atoms with van der Waals surface area (Å²) in [6.45, 7) is 0.671. The molecular weight excluding hydrogens is 388 g/mol. The molecule has 2 nitrogen and oxygen atoms in total. The number of halogens is 3. The molecule has 1 atom stereocenters. The van der Waals surface area contributed by atoms with Crippen LogP contribution in [0.2, 0.25) is 0 Å². The highest BCUT2D eigenvalue weighted by atomic mass is 127. The third kappa shape index (κ3) is 2.40. The smallest absolute Gasteiger partial charge is 0.227 e. The van der Waals surface area contributed by atoms with Gasteiger partial charge in [-0.1, -0.05) is 15.9 Å². The van der Waals surface area contributed by atoms with Crippen LogP contribution in [0.1, 0.15) is 6.42 Å². The van der Waals surface area contributed by atoms with E-state index in [0.29, 0.717) is 28.1 Å². The van der Waals surface area contributed by atoms with Crippen molar-refractivity contribution in [3.63, 3.8) is 0 Å². The first-order chi connectivity index (χ1) is 7.61. The number of hydrogen-bond acceptors (Lipinski definition) is 1. The molecule has 1 fully saturated rings. The zero-order chi connectivity index (χ0) is 11.7. The molecule has 0 aromatic heterocycles. The molecule has 0 bridgehead atoms. The quantitative estimate of drug-likeness (QED) is 0.554. The Kier molecular flexibility index (Phi) is 3.84. The van der Waals surface area contributed by atoms with Crippen molar-refractivity contribution in [1.29, 1.82) is 0 Å². The minimum absolute atomic E-state index is 0.0741. The van der Waals surface area contributed by atoms with Gasteiger partial charge in [0.2, 0.25) is 5.91 Å². The van der Waals surface area contributed by atoms with E-state index in [4.69, 9.17) is 0 Å². The van der Waals surface area contributed by atoms with Crippen molar-refractivity contribution in [2.24, 2.45) is 5.92 Å². The summed E-state index contributed by atoms with van der Waals surface area (Å²) < 4.78 is 14.0. The fourth-order valence-corrected chi connectivity index (χ4v) is 2.56. The lowest BCUT2D eigenvalue weighted by molar-refractivity contribution is -0.117. The monoisotopic (exact) mass is 397 g/mol. The van der Waals surface area contributed by atoms with Crippen molar-refractivity contribution in [3.05, 3.63) is 27.6 Å². The number of anilines is 1. The number of carbonyl (C=O) groups is 1. The Labute approximate surface area is 115 Å². The largest absolute Gasteiger partial charge is 0.312 e. The summed E-state index contributed by atoms with van der Waals surface area (Å²) in [6, 6.07) is 4.91. The summed E-state index contributed by atoms with van der Waals surface area (Å²) in [5, 5.41) is 0.808. The zero-order valence-electron chi connectivity index (χ0n) is 8.42. The molecule has 1 aliphatic heterocycles. The van der Waals surface area contributed by atoms with Gasteiger partial charge in [-0.2, -0.15) is 0 Å². The van der Waals surface area contributed by atoms with E-state index in [9.17, 15) is 9.18 Å². The van der Waals surface area contributed by atoms with Gasteiger partial charge in [-0.25, -0.2) is 4.39 Å². The number of benzene rings is 1. The standard InChI is InChI=1S/C11H10BrFINO/c12-5-7-3-11(16)15(6-7)8-1-2-10(14)9(13)4-8/h1-2,4,7H,3,5-6H2. The zero-order valence-corrected chi connectivity index (χ0v) is 12.2. The highest BCUT2D eigenvalue weighted by Gasteiger charge is 2.29. The third-order valence-electron chi connectivity index (χ3n) is 2.64. The summed E-state index contributed by atoms with van der Waals surface area (Å²) in [4.78, 5) is 13.4. The van der Waals surface area contributed by atoms with E-state index in [1.165, 1.54) is 6.07 Å². The number of rotatable bonds is 2. The van der Waals surface area contributed by atoms with Crippen molar-refractivity contribution in [2.45, 2.75) is 6.42 Å². The van der Waals surface area contributed by atoms with Crippen molar-refractivity contribution < 1.29 is 9.18 Å². The van der Waals surface area contributed by atoms with Crippen LogP contribution in [0.3, 0.4) is 0 Å². The van der Waals surface area contributed by atoms with E-state index >= 15 is 0 Å². The Morgan fingerprint density at radius 3 is 2.88 bits per heavy atom. The van der Waals surface area contributed by atoms with Gasteiger partial charge >= 0.3 is 0 Å². The second-order valence-corrected chi connectivity index (χ2v) is 5.64. The Bertz CT molecular complexity index is 426. The number of carbonyl (C=O) groups excluding carboxylic acids is 1. The predicted molar refractivity (Wildman–Crippen MR) is 73.4 cm³/mol. The first-order valence-electron chi connectivity index (χ1n) is 4.93. The highest BCUT2D eigenvalue weighted by Crippen LogP contribution is 2.27. The van der Waals surface area contributed by atoms with E-state index in [2.05, 4.69) is 15.9 Å². The van der Waals surface area contributed by atoms with Gasteiger partial charge < -0.3 is 4.90 Å². The van der Waals surface area contributed by atoms with Crippen molar-refractivity contribution >= 4 is 50.1 Å². The summed E-state index contributed by atoms with van der Waals surface area (Å²) in [5.74, 6) is 0.132. The van der Waals surface area contributed by atoms with E-state index in [1.807, 2.05) is 22.6 Å². The maximum absolute atomic E-state index is 13.4. The fourth-order valence-electron chi connectivity index (χ4n) is 1.79. The first kappa shape index (κ1) is 12.3. The molecular formula is C11H10BrFINO. The van der Waals surface area contributed by atoms with Gasteiger partial charge in [0, 0.05) is 27.6 Å². The fraction of sp³-hybridized carbons (Fsp3) is 0.364. The lowest BCUT2D eigenvalue weighted by Gasteiger charge is -2.16. The average molecular weight is 398 g/mol. The van der Waals surface area contributed by atoms with Crippen LogP contribution in [0.4, 0.5) is 10.1 Å². The van der Waals surface area contributed by atoms with Gasteiger partial charge in [-0.15, -0.1) is 0 Å². The summed E-state index contributed by atoms with van der Waals surface area (Å²) >= 11 is 5.31. The van der Waals surface area contributed by atoms with E-state index in [-0.39, 0.29) is 11.7 Å². The highest BCUT2D eigenvalue weighted by molar-refractivity contribution is 14.1. The van der Waals surface area contributed by atoms with E-state index < -0.39 is 0 Å². The summed E-state index contributed by atoms with van der Waals surface area (Å²) in [5.41, 5.74) is 0.659. The molecule has 1 aliphatic rings. The molecule has 16 heavy (non-hydrogen) atoms. The molecule has 1 unspecified atom stereocenters. The third-order valence-corrected chi connectivity index (χ3v) is 4.43. The van der Waals surface area contributed by atoms with Crippen molar-refractivity contribution in [1.82, 2.24) is 0 Å². The van der Waals surface area contributed by atoms with Crippen LogP contribution in [0.25, 0.3) is 0 Å². The van der Waals surface area contributed by atoms with Gasteiger partial charge in [0.05, 0.1) is 0 Å². The van der Waals surface area contributed by atoms with E-state index in [0.717, 1.165) is 5.33 Å². The topological polar surface area (TPSA) is 20.3 Å². The molecule has 5 heteroatoms. The number of amides is 1. The Morgan fingerprint density at radius 1 is 1.56 bits per heavy atom. The molecule has 1 amide bonds. The Hall–Kier alpha value is -0.170. The minimum Gasteiger partial charge on any atom is -0.312 e. The number of alkyl halides is 1. The van der Waals surface area contributed by atoms with Crippen LogP contribution >= 0.6 is 38.5 Å². The van der Waals surface area contributed by atoms with Crippen molar-refractivity contribution in [2.75, 3.05) is 16.8 Å². The second-order valence-electron chi connectivity index (χ2n) is 3.83. The molecule has 0 radical (unpaired) electrons. The van der Waals surface area contributed by atoms with Crippen LogP contribution in [-0.2, 0) is 4.79 Å². The maximum Gasteiger partial charge on any atom is 0.227 e. The Morgan fingerprint density at radius 2 is 2.31 bits per heavy atom. The molecule has 0 spiro atoms. The molecule has 1 aromatic carbocycles. The number of hydrogen-bond donors (Lipinski definition) is 0. The first-order valence-corrected chi connectivity index (χ1v) is 7.13. The minimum atomic E-state index is -0.270. The number of nitrogens with zero attached hydrogens (tertiary/aromatic N) is 1. The summed E-state index contributed by atoms with van der Waals surface area (Å²) in [6.07, 6.45) is 0.541. The molecule has 1 saturated heterocycles.